The molecule has 7 unspecified atom stereocenters. The van der Waals surface area contributed by atoms with Crippen molar-refractivity contribution in [1.82, 2.24) is 24.9 Å². The predicted molar refractivity (Wildman–Crippen MR) is 194 cm³/mol. The fourth-order valence-electron chi connectivity index (χ4n) is 9.66. The number of unbranched alkanes of at least 4 members (excludes halogenated alkanes) is 4. The molecule has 48 heavy (non-hydrogen) atoms. The molecule has 1 N–H and O–H groups in total. The molecule has 1 spiro atoms. The zero-order valence-electron chi connectivity index (χ0n) is 29.8. The van der Waals surface area contributed by atoms with Gasteiger partial charge in [-0.3, -0.25) is 15.0 Å². The lowest BCUT2D eigenvalue weighted by molar-refractivity contribution is -0.198. The van der Waals surface area contributed by atoms with Gasteiger partial charge in [0, 0.05) is 53.8 Å². The summed E-state index contributed by atoms with van der Waals surface area (Å²) >= 11 is 2.14. The van der Waals surface area contributed by atoms with Crippen LogP contribution in [0, 0.1) is 17.2 Å². The molecule has 1 aliphatic carbocycles. The SMILES string of the molecule is C=CC(=O)N1CCN(C2C3CC[C@@]4(CC(C)c5ccccc5S4)CC3NC(OCC3CCCN3C)N2CCCCCCC)CC1CC#N. The first-order chi connectivity index (χ1) is 23.4. The summed E-state index contributed by atoms with van der Waals surface area (Å²) in [4.78, 5) is 24.0. The highest BCUT2D eigenvalue weighted by molar-refractivity contribution is 8.00. The number of nitrogens with one attached hydrogen (secondary N) is 1. The van der Waals surface area contributed by atoms with Crippen LogP contribution in [0.5, 0.6) is 0 Å². The van der Waals surface area contributed by atoms with Crippen molar-refractivity contribution in [3.8, 4) is 6.07 Å². The van der Waals surface area contributed by atoms with Crippen LogP contribution in [0.1, 0.15) is 102 Å². The molecule has 4 heterocycles. The third-order valence-electron chi connectivity index (χ3n) is 12.2. The average molecular weight is 677 g/mol. The molecule has 3 saturated heterocycles. The Morgan fingerprint density at radius 1 is 1.15 bits per heavy atom. The summed E-state index contributed by atoms with van der Waals surface area (Å²) in [5.74, 6) is 0.957. The van der Waals surface area contributed by atoms with Crippen LogP contribution in [0.15, 0.2) is 41.8 Å². The van der Waals surface area contributed by atoms with Crippen LogP contribution in [0.25, 0.3) is 0 Å². The van der Waals surface area contributed by atoms with Crippen LogP contribution in [-0.4, -0.2) is 107 Å². The van der Waals surface area contributed by atoms with Crippen molar-refractivity contribution in [3.05, 3.63) is 42.5 Å². The number of nitriles is 1. The number of thioether (sulfide) groups is 1. The van der Waals surface area contributed by atoms with Gasteiger partial charge in [-0.15, -0.1) is 11.8 Å². The summed E-state index contributed by atoms with van der Waals surface area (Å²) < 4.78 is 7.24. The average Bonchev–Trinajstić information content (AvgIpc) is 3.51. The summed E-state index contributed by atoms with van der Waals surface area (Å²) in [6.45, 7) is 13.5. The lowest BCUT2D eigenvalue weighted by Gasteiger charge is -2.59. The number of hydrogen-bond donors (Lipinski definition) is 1. The standard InChI is InChI=1S/C39H60N6O2S/c1-5-7-8-9-12-22-45-37(43-23-24-44(36(46)6-2)30(27-43)18-20-40)33-17-19-39(25-29(3)32-15-10-11-16-35(32)48-39)26-34(33)41-38(45)47-28-31-14-13-21-42(31)4/h6,10-11,15-16,29-31,33-34,37-38,41H,2,5,7-9,12-14,17-19,21-28H2,1,3-4H3/t29?,30?,31?,33?,34?,37?,38?,39-/m1/s1. The Kier molecular flexibility index (Phi) is 12.3. The number of carbonyl (C=O) groups is 1. The molecular formula is C39H60N6O2S. The molecule has 0 aromatic heterocycles. The van der Waals surface area contributed by atoms with Gasteiger partial charge in [0.25, 0.3) is 0 Å². The summed E-state index contributed by atoms with van der Waals surface area (Å²) in [6.07, 6.45) is 15.2. The van der Waals surface area contributed by atoms with E-state index in [0.29, 0.717) is 36.9 Å². The van der Waals surface area contributed by atoms with E-state index in [1.807, 2.05) is 4.90 Å². The number of fused-ring (bicyclic) bond motifs is 2. The number of hydrogen-bond acceptors (Lipinski definition) is 8. The second-order valence-corrected chi connectivity index (χ2v) is 16.9. The maximum atomic E-state index is 12.9. The molecule has 4 fully saturated rings. The van der Waals surface area contributed by atoms with E-state index in [1.54, 1.807) is 0 Å². The minimum Gasteiger partial charge on any atom is -0.348 e. The van der Waals surface area contributed by atoms with Crippen LogP contribution < -0.4 is 5.32 Å². The van der Waals surface area contributed by atoms with Gasteiger partial charge in [-0.1, -0.05) is 64.3 Å². The molecule has 1 aromatic rings. The topological polar surface area (TPSA) is 75.1 Å². The molecule has 6 rings (SSSR count). The maximum Gasteiger partial charge on any atom is 0.246 e. The smallest absolute Gasteiger partial charge is 0.246 e. The molecule has 0 bridgehead atoms. The van der Waals surface area contributed by atoms with Crippen LogP contribution in [0.4, 0.5) is 0 Å². The second kappa shape index (κ2) is 16.4. The van der Waals surface area contributed by atoms with Gasteiger partial charge in [0.2, 0.25) is 5.91 Å². The Labute approximate surface area is 294 Å². The monoisotopic (exact) mass is 676 g/mol. The molecule has 0 radical (unpaired) electrons. The van der Waals surface area contributed by atoms with E-state index in [1.165, 1.54) is 74.3 Å². The number of carbonyl (C=O) groups excluding carboxylic acids is 1. The maximum absolute atomic E-state index is 12.9. The number of rotatable bonds is 12. The van der Waals surface area contributed by atoms with Crippen LogP contribution in [0.3, 0.4) is 0 Å². The van der Waals surface area contributed by atoms with Crippen molar-refractivity contribution >= 4 is 17.7 Å². The zero-order chi connectivity index (χ0) is 33.7. The van der Waals surface area contributed by atoms with Gasteiger partial charge in [0.15, 0.2) is 6.35 Å². The molecule has 1 amide bonds. The van der Waals surface area contributed by atoms with Gasteiger partial charge < -0.3 is 14.5 Å². The number of nitrogens with zero attached hydrogens (tertiary/aromatic N) is 5. The van der Waals surface area contributed by atoms with Crippen molar-refractivity contribution < 1.29 is 9.53 Å². The quantitative estimate of drug-likeness (QED) is 0.202. The summed E-state index contributed by atoms with van der Waals surface area (Å²) in [6, 6.07) is 12.1. The van der Waals surface area contributed by atoms with Crippen molar-refractivity contribution in [2.24, 2.45) is 5.92 Å². The lowest BCUT2D eigenvalue weighted by atomic mass is 9.71. The minimum atomic E-state index is -0.146. The van der Waals surface area contributed by atoms with Crippen molar-refractivity contribution in [2.45, 2.75) is 137 Å². The van der Waals surface area contributed by atoms with Crippen LogP contribution in [-0.2, 0) is 9.53 Å². The molecule has 9 heteroatoms. The van der Waals surface area contributed by atoms with Gasteiger partial charge in [0.1, 0.15) is 0 Å². The van der Waals surface area contributed by atoms with E-state index in [-0.39, 0.29) is 29.2 Å². The van der Waals surface area contributed by atoms with Gasteiger partial charge >= 0.3 is 0 Å². The van der Waals surface area contributed by atoms with Crippen molar-refractivity contribution in [3.63, 3.8) is 0 Å². The zero-order valence-corrected chi connectivity index (χ0v) is 30.6. The number of piperazine rings is 1. The Morgan fingerprint density at radius 2 is 1.98 bits per heavy atom. The first-order valence-electron chi connectivity index (χ1n) is 19.0. The number of benzene rings is 1. The van der Waals surface area contributed by atoms with Crippen LogP contribution >= 0.6 is 11.8 Å². The molecule has 1 saturated carbocycles. The Bertz CT molecular complexity index is 1290. The second-order valence-electron chi connectivity index (χ2n) is 15.4. The highest BCUT2D eigenvalue weighted by Gasteiger charge is 2.53. The summed E-state index contributed by atoms with van der Waals surface area (Å²) in [5, 5.41) is 14.0. The largest absolute Gasteiger partial charge is 0.348 e. The van der Waals surface area contributed by atoms with Gasteiger partial charge in [-0.2, -0.15) is 5.26 Å². The third-order valence-corrected chi connectivity index (χ3v) is 13.8. The fourth-order valence-corrected chi connectivity index (χ4v) is 11.5. The van der Waals surface area contributed by atoms with Crippen molar-refractivity contribution in [1.29, 1.82) is 5.26 Å². The van der Waals surface area contributed by atoms with E-state index in [4.69, 9.17) is 4.74 Å². The van der Waals surface area contributed by atoms with Gasteiger partial charge in [-0.25, -0.2) is 4.90 Å². The first-order valence-corrected chi connectivity index (χ1v) is 19.8. The van der Waals surface area contributed by atoms with Gasteiger partial charge in [0.05, 0.1) is 31.3 Å². The van der Waals surface area contributed by atoms with E-state index in [2.05, 4.69) is 89.6 Å². The molecule has 8 atom stereocenters. The Morgan fingerprint density at radius 3 is 2.75 bits per heavy atom. The molecule has 1 aromatic carbocycles. The number of likely N-dealkylation sites (tertiary alicyclic amines) is 1. The van der Waals surface area contributed by atoms with Crippen LogP contribution in [0.2, 0.25) is 0 Å². The molecule has 8 nitrogen and oxygen atoms in total. The number of likely N-dealkylation sites (N-methyl/N-ethyl adjacent to an activating group) is 1. The minimum absolute atomic E-state index is 0.0592. The molecule has 264 valence electrons. The Hall–Kier alpha value is -1.93. The predicted octanol–water partition coefficient (Wildman–Crippen LogP) is 6.40. The molecule has 4 aliphatic heterocycles. The fraction of sp³-hybridized carbons (Fsp3) is 0.744. The summed E-state index contributed by atoms with van der Waals surface area (Å²) in [5.41, 5.74) is 1.51. The summed E-state index contributed by atoms with van der Waals surface area (Å²) in [7, 11) is 2.24. The first kappa shape index (κ1) is 35.9. The van der Waals surface area contributed by atoms with E-state index in [0.717, 1.165) is 45.6 Å². The molecular weight excluding hydrogens is 617 g/mol. The van der Waals surface area contributed by atoms with E-state index >= 15 is 0 Å². The van der Waals surface area contributed by atoms with E-state index in [9.17, 15) is 10.1 Å². The highest BCUT2D eigenvalue weighted by Crippen LogP contribution is 2.56. The normalized spacial score (nSPS) is 34.5. The lowest BCUT2D eigenvalue weighted by Crippen LogP contribution is -2.73. The number of amides is 1. The molecule has 5 aliphatic rings. The van der Waals surface area contributed by atoms with E-state index < -0.39 is 0 Å². The third kappa shape index (κ3) is 7.85. The Balaban J connectivity index is 1.29. The highest BCUT2D eigenvalue weighted by atomic mass is 32.2. The number of ether oxygens (including phenoxy) is 1. The van der Waals surface area contributed by atoms with Gasteiger partial charge in [-0.05, 0) is 82.2 Å². The van der Waals surface area contributed by atoms with Crippen molar-refractivity contribution in [2.75, 3.05) is 46.4 Å².